The zero-order chi connectivity index (χ0) is 46.0. The normalized spacial score (nSPS) is 19.3. The van der Waals surface area contributed by atoms with Crippen molar-refractivity contribution in [2.45, 2.75) is 301 Å². The van der Waals surface area contributed by atoms with Crippen LogP contribution in [0.4, 0.5) is 0 Å². The van der Waals surface area contributed by atoms with Gasteiger partial charge in [-0.1, -0.05) is 239 Å². The van der Waals surface area contributed by atoms with Gasteiger partial charge < -0.3 is 39.4 Å². The summed E-state index contributed by atoms with van der Waals surface area (Å²) >= 11 is 0. The Labute approximate surface area is 384 Å². The molecule has 0 amide bonds. The van der Waals surface area contributed by atoms with E-state index >= 15 is 0 Å². The molecule has 6 unspecified atom stereocenters. The largest absolute Gasteiger partial charge is 0.479 e. The molecule has 1 rings (SSSR count). The summed E-state index contributed by atoms with van der Waals surface area (Å²) in [7, 11) is 0. The van der Waals surface area contributed by atoms with E-state index in [-0.39, 0.29) is 26.1 Å². The van der Waals surface area contributed by atoms with Crippen LogP contribution in [0.1, 0.15) is 264 Å². The number of carboxylic acid groups (broad SMARTS) is 1. The summed E-state index contributed by atoms with van der Waals surface area (Å²) in [6, 6.07) is 0. The van der Waals surface area contributed by atoms with Crippen molar-refractivity contribution in [1.29, 1.82) is 0 Å². The van der Waals surface area contributed by atoms with Crippen molar-refractivity contribution in [3.63, 3.8) is 0 Å². The van der Waals surface area contributed by atoms with Gasteiger partial charge in [0.05, 0.1) is 6.61 Å². The second-order valence-electron chi connectivity index (χ2n) is 18.7. The fourth-order valence-corrected chi connectivity index (χ4v) is 8.53. The summed E-state index contributed by atoms with van der Waals surface area (Å²) in [5.74, 6) is -2.42. The third kappa shape index (κ3) is 34.2. The maximum Gasteiger partial charge on any atom is 0.335 e. The van der Waals surface area contributed by atoms with E-state index in [4.69, 9.17) is 18.9 Å². The standard InChI is InChI=1S/C52H98O11/c1-3-5-7-9-11-13-15-17-19-21-22-23-25-26-28-30-32-34-36-38-40-45(53)60-42-44(43-61-52-49(57)47(55)48(56)50(63-52)51(58)59)62-46(54)41-39-37-35-33-31-29-27-24-20-18-16-14-12-10-8-6-4-2/h44,47-50,52,55-57H,3-43H2,1-2H3,(H,58,59). The monoisotopic (exact) mass is 899 g/mol. The SMILES string of the molecule is CCCCCCCCCCCCCCCCCCCCCCC(=O)OCC(COC1OC(C(=O)O)C(O)C(O)C1O)OC(=O)CCCCCCCCCCCCCCCCCCC. The molecule has 372 valence electrons. The molecule has 1 heterocycles. The molecule has 0 saturated carbocycles. The van der Waals surface area contributed by atoms with Gasteiger partial charge in [0.2, 0.25) is 0 Å². The molecular formula is C52H98O11. The van der Waals surface area contributed by atoms with Crippen molar-refractivity contribution in [1.82, 2.24) is 0 Å². The third-order valence-electron chi connectivity index (χ3n) is 12.7. The molecule has 63 heavy (non-hydrogen) atoms. The lowest BCUT2D eigenvalue weighted by Crippen LogP contribution is -2.60. The van der Waals surface area contributed by atoms with Crippen molar-refractivity contribution in [2.75, 3.05) is 13.2 Å². The average Bonchev–Trinajstić information content (AvgIpc) is 3.27. The highest BCUT2D eigenvalue weighted by atomic mass is 16.7. The van der Waals surface area contributed by atoms with E-state index in [1.807, 2.05) is 0 Å². The quantitative estimate of drug-likeness (QED) is 0.0339. The van der Waals surface area contributed by atoms with Crippen LogP contribution >= 0.6 is 0 Å². The van der Waals surface area contributed by atoms with E-state index in [0.717, 1.165) is 38.5 Å². The first kappa shape index (κ1) is 59.2. The summed E-state index contributed by atoms with van der Waals surface area (Å²) in [5, 5.41) is 39.9. The first-order chi connectivity index (χ1) is 30.7. The predicted octanol–water partition coefficient (Wildman–Crippen LogP) is 12.6. The molecule has 0 aromatic heterocycles. The minimum atomic E-state index is -1.86. The highest BCUT2D eigenvalue weighted by Crippen LogP contribution is 2.23. The second-order valence-corrected chi connectivity index (χ2v) is 18.7. The highest BCUT2D eigenvalue weighted by Gasteiger charge is 2.47. The van der Waals surface area contributed by atoms with E-state index in [2.05, 4.69) is 13.8 Å². The summed E-state index contributed by atoms with van der Waals surface area (Å²) in [5.41, 5.74) is 0. The number of aliphatic hydroxyl groups is 3. The summed E-state index contributed by atoms with van der Waals surface area (Å²) in [6.07, 6.45) is 37.2. The van der Waals surface area contributed by atoms with E-state index in [0.29, 0.717) is 12.8 Å². The Morgan fingerprint density at radius 1 is 0.429 bits per heavy atom. The average molecular weight is 899 g/mol. The number of rotatable bonds is 46. The Kier molecular flexibility index (Phi) is 40.3. The number of carbonyl (C=O) groups is 3. The number of esters is 2. The van der Waals surface area contributed by atoms with Crippen LogP contribution < -0.4 is 0 Å². The minimum absolute atomic E-state index is 0.191. The number of aliphatic carboxylic acids is 1. The Balaban J connectivity index is 2.26. The molecule has 0 aliphatic carbocycles. The first-order valence-corrected chi connectivity index (χ1v) is 26.6. The molecule has 11 nitrogen and oxygen atoms in total. The number of hydrogen-bond donors (Lipinski definition) is 4. The zero-order valence-corrected chi connectivity index (χ0v) is 40.6. The predicted molar refractivity (Wildman–Crippen MR) is 253 cm³/mol. The molecule has 0 aromatic rings. The van der Waals surface area contributed by atoms with Crippen LogP contribution in [0.5, 0.6) is 0 Å². The molecule has 11 heteroatoms. The molecule has 1 aliphatic heterocycles. The van der Waals surface area contributed by atoms with Crippen molar-refractivity contribution >= 4 is 17.9 Å². The van der Waals surface area contributed by atoms with Crippen molar-refractivity contribution in [2.24, 2.45) is 0 Å². The van der Waals surface area contributed by atoms with Crippen LogP contribution in [-0.2, 0) is 33.3 Å². The van der Waals surface area contributed by atoms with Crippen LogP contribution in [0, 0.1) is 0 Å². The molecule has 0 aromatic carbocycles. The van der Waals surface area contributed by atoms with Crippen molar-refractivity contribution in [3.8, 4) is 0 Å². The minimum Gasteiger partial charge on any atom is -0.479 e. The van der Waals surface area contributed by atoms with Gasteiger partial charge in [0, 0.05) is 12.8 Å². The second kappa shape index (κ2) is 42.8. The van der Waals surface area contributed by atoms with Gasteiger partial charge in [-0.3, -0.25) is 9.59 Å². The Morgan fingerprint density at radius 2 is 0.746 bits per heavy atom. The number of hydrogen-bond acceptors (Lipinski definition) is 10. The van der Waals surface area contributed by atoms with Gasteiger partial charge in [-0.2, -0.15) is 0 Å². The summed E-state index contributed by atoms with van der Waals surface area (Å²) in [4.78, 5) is 37.0. The maximum absolute atomic E-state index is 12.8. The molecule has 0 radical (unpaired) electrons. The fraction of sp³-hybridized carbons (Fsp3) is 0.942. The molecule has 6 atom stereocenters. The highest BCUT2D eigenvalue weighted by molar-refractivity contribution is 5.73. The Bertz CT molecular complexity index is 1060. The fourth-order valence-electron chi connectivity index (χ4n) is 8.53. The van der Waals surface area contributed by atoms with E-state index < -0.39 is 54.7 Å². The van der Waals surface area contributed by atoms with Crippen LogP contribution in [0.3, 0.4) is 0 Å². The Morgan fingerprint density at radius 3 is 1.08 bits per heavy atom. The molecular weight excluding hydrogens is 801 g/mol. The lowest BCUT2D eigenvalue weighted by Gasteiger charge is -2.38. The van der Waals surface area contributed by atoms with Crippen LogP contribution in [0.2, 0.25) is 0 Å². The smallest absolute Gasteiger partial charge is 0.335 e. The third-order valence-corrected chi connectivity index (χ3v) is 12.7. The van der Waals surface area contributed by atoms with Gasteiger partial charge in [-0.15, -0.1) is 0 Å². The van der Waals surface area contributed by atoms with Crippen molar-refractivity contribution < 1.29 is 53.8 Å². The number of carbonyl (C=O) groups excluding carboxylic acids is 2. The van der Waals surface area contributed by atoms with Crippen molar-refractivity contribution in [3.05, 3.63) is 0 Å². The molecule has 1 aliphatic rings. The number of aliphatic hydroxyl groups excluding tert-OH is 3. The molecule has 1 saturated heterocycles. The number of ether oxygens (including phenoxy) is 4. The van der Waals surface area contributed by atoms with Gasteiger partial charge in [0.15, 0.2) is 18.5 Å². The topological polar surface area (TPSA) is 169 Å². The van der Waals surface area contributed by atoms with Crippen LogP contribution in [-0.4, -0.2) is 88.4 Å². The number of carboxylic acids is 1. The van der Waals surface area contributed by atoms with Gasteiger partial charge in [0.1, 0.15) is 24.9 Å². The molecule has 1 fully saturated rings. The van der Waals surface area contributed by atoms with Gasteiger partial charge >= 0.3 is 17.9 Å². The van der Waals surface area contributed by atoms with Crippen LogP contribution in [0.15, 0.2) is 0 Å². The molecule has 0 spiro atoms. The summed E-state index contributed by atoms with van der Waals surface area (Å²) < 4.78 is 21.9. The Hall–Kier alpha value is -1.79. The molecule has 4 N–H and O–H groups in total. The van der Waals surface area contributed by atoms with Gasteiger partial charge in [0.25, 0.3) is 0 Å². The number of unbranched alkanes of at least 4 members (excludes halogenated alkanes) is 35. The van der Waals surface area contributed by atoms with Crippen LogP contribution in [0.25, 0.3) is 0 Å². The molecule has 0 bridgehead atoms. The van der Waals surface area contributed by atoms with E-state index in [1.165, 1.54) is 186 Å². The summed E-state index contributed by atoms with van der Waals surface area (Å²) in [6.45, 7) is 3.87. The van der Waals surface area contributed by atoms with E-state index in [9.17, 15) is 34.8 Å². The maximum atomic E-state index is 12.8. The van der Waals surface area contributed by atoms with E-state index in [1.54, 1.807) is 0 Å². The lowest BCUT2D eigenvalue weighted by atomic mass is 9.99. The van der Waals surface area contributed by atoms with Gasteiger partial charge in [-0.05, 0) is 12.8 Å². The zero-order valence-electron chi connectivity index (χ0n) is 40.6. The first-order valence-electron chi connectivity index (χ1n) is 26.6. The van der Waals surface area contributed by atoms with Gasteiger partial charge in [-0.25, -0.2) is 4.79 Å². The lowest BCUT2D eigenvalue weighted by molar-refractivity contribution is -0.298.